The molecule has 1 N–H and O–H groups in total. The maximum atomic E-state index is 12.2. The average molecular weight is 374 g/mol. The number of ether oxygens (including phenoxy) is 1. The van der Waals surface area contributed by atoms with Crippen molar-refractivity contribution in [2.75, 3.05) is 11.9 Å². The molecule has 0 aliphatic carbocycles. The fourth-order valence-electron chi connectivity index (χ4n) is 2.74. The molecule has 1 aromatic heterocycles. The van der Waals surface area contributed by atoms with Gasteiger partial charge in [0.05, 0.1) is 6.42 Å². The van der Waals surface area contributed by atoms with Gasteiger partial charge in [-0.15, -0.1) is 0 Å². The number of nitrogens with zero attached hydrogens (tertiary/aromatic N) is 1. The number of Topliss-reactive ketones (excluding diaryl/α,β-unsaturated/α-hetero) is 1. The largest absolute Gasteiger partial charge is 0.457 e. The number of hydrogen-bond donors (Lipinski definition) is 1. The Bertz CT molecular complexity index is 928. The minimum absolute atomic E-state index is 0.0287. The molecule has 1 amide bonds. The van der Waals surface area contributed by atoms with Crippen molar-refractivity contribution in [1.82, 2.24) is 4.57 Å². The van der Waals surface area contributed by atoms with Gasteiger partial charge in [0.25, 0.3) is 0 Å². The number of aromatic nitrogens is 1. The Balaban J connectivity index is 1.53. The summed E-state index contributed by atoms with van der Waals surface area (Å²) in [6, 6.07) is 5.02. The van der Waals surface area contributed by atoms with Crippen molar-refractivity contribution in [3.8, 4) is 0 Å². The highest BCUT2D eigenvalue weighted by Gasteiger charge is 2.17. The van der Waals surface area contributed by atoms with Crippen LogP contribution in [0.2, 0.25) is 0 Å². The Kier molecular flexibility index (Phi) is 5.32. The molecule has 0 fully saturated rings. The Morgan fingerprint density at radius 2 is 2.08 bits per heavy atom. The number of carbonyl (C=O) groups is 3. The first-order valence-electron chi connectivity index (χ1n) is 8.20. The Morgan fingerprint density at radius 1 is 1.27 bits per heavy atom. The van der Waals surface area contributed by atoms with Crippen LogP contribution in [0.1, 0.15) is 34.5 Å². The molecule has 8 heteroatoms. The monoisotopic (exact) mass is 374 g/mol. The number of anilines is 1. The molecule has 0 spiro atoms. The quantitative estimate of drug-likeness (QED) is 0.616. The summed E-state index contributed by atoms with van der Waals surface area (Å²) >= 11 is 1.08. The van der Waals surface area contributed by atoms with Crippen LogP contribution in [0.15, 0.2) is 28.4 Å². The molecule has 2 aromatic rings. The van der Waals surface area contributed by atoms with Gasteiger partial charge < -0.3 is 14.6 Å². The Hall–Kier alpha value is -2.74. The predicted molar refractivity (Wildman–Crippen MR) is 96.6 cm³/mol. The van der Waals surface area contributed by atoms with E-state index < -0.39 is 5.97 Å². The maximum absolute atomic E-state index is 12.2. The third kappa shape index (κ3) is 4.08. The van der Waals surface area contributed by atoms with E-state index in [9.17, 15) is 19.2 Å². The number of rotatable bonds is 6. The molecule has 26 heavy (non-hydrogen) atoms. The molecule has 0 atom stereocenters. The first kappa shape index (κ1) is 18.1. The topological polar surface area (TPSA) is 94.5 Å². The fraction of sp³-hybridized carbons (Fsp3) is 0.333. The molecule has 0 unspecified atom stereocenters. The van der Waals surface area contributed by atoms with Gasteiger partial charge in [0, 0.05) is 35.3 Å². The molecule has 0 saturated heterocycles. The molecule has 1 aliphatic rings. The molecule has 0 saturated carbocycles. The van der Waals surface area contributed by atoms with E-state index in [1.807, 2.05) is 0 Å². The SMILES string of the molecule is Cc1csc(=O)n1CCC(=O)OCC(=O)c1ccc2c(c1)CCC(=O)N2. The minimum atomic E-state index is -0.527. The van der Waals surface area contributed by atoms with Gasteiger partial charge in [-0.1, -0.05) is 11.3 Å². The van der Waals surface area contributed by atoms with E-state index in [-0.39, 0.29) is 36.1 Å². The highest BCUT2D eigenvalue weighted by atomic mass is 32.1. The van der Waals surface area contributed by atoms with Crippen molar-refractivity contribution in [3.63, 3.8) is 0 Å². The minimum Gasteiger partial charge on any atom is -0.457 e. The van der Waals surface area contributed by atoms with Crippen molar-refractivity contribution in [3.05, 3.63) is 50.1 Å². The van der Waals surface area contributed by atoms with Crippen molar-refractivity contribution in [2.45, 2.75) is 32.7 Å². The number of aryl methyl sites for hydroxylation is 2. The standard InChI is InChI=1S/C18H18N2O5S/c1-11-10-26-18(24)20(11)7-6-17(23)25-9-15(21)13-2-4-14-12(8-13)3-5-16(22)19-14/h2,4,8,10H,3,5-7,9H2,1H3,(H,19,22). The van der Waals surface area contributed by atoms with Gasteiger partial charge in [0.1, 0.15) is 0 Å². The molecular weight excluding hydrogens is 356 g/mol. The van der Waals surface area contributed by atoms with Crippen LogP contribution >= 0.6 is 11.3 Å². The van der Waals surface area contributed by atoms with Gasteiger partial charge in [-0.2, -0.15) is 0 Å². The second kappa shape index (κ2) is 7.65. The second-order valence-electron chi connectivity index (χ2n) is 6.05. The summed E-state index contributed by atoms with van der Waals surface area (Å²) < 4.78 is 6.53. The zero-order chi connectivity index (χ0) is 18.7. The molecule has 3 rings (SSSR count). The second-order valence-corrected chi connectivity index (χ2v) is 6.87. The van der Waals surface area contributed by atoms with Crippen LogP contribution in [0.3, 0.4) is 0 Å². The van der Waals surface area contributed by atoms with Crippen LogP contribution in [0.5, 0.6) is 0 Å². The Labute approximate surface area is 153 Å². The summed E-state index contributed by atoms with van der Waals surface area (Å²) in [5.41, 5.74) is 2.85. The van der Waals surface area contributed by atoms with E-state index >= 15 is 0 Å². The number of esters is 1. The summed E-state index contributed by atoms with van der Waals surface area (Å²) in [6.07, 6.45) is 0.999. The molecule has 2 heterocycles. The molecule has 1 aromatic carbocycles. The van der Waals surface area contributed by atoms with Gasteiger partial charge in [0.15, 0.2) is 12.4 Å². The summed E-state index contributed by atoms with van der Waals surface area (Å²) in [5.74, 6) is -0.867. The zero-order valence-corrected chi connectivity index (χ0v) is 15.1. The lowest BCUT2D eigenvalue weighted by molar-refractivity contribution is -0.142. The lowest BCUT2D eigenvalue weighted by atomic mass is 9.99. The van der Waals surface area contributed by atoms with Crippen LogP contribution in [0, 0.1) is 6.92 Å². The van der Waals surface area contributed by atoms with Crippen molar-refractivity contribution in [1.29, 1.82) is 0 Å². The highest BCUT2D eigenvalue weighted by Crippen LogP contribution is 2.23. The van der Waals surface area contributed by atoms with Crippen LogP contribution in [0.4, 0.5) is 5.69 Å². The van der Waals surface area contributed by atoms with Crippen LogP contribution < -0.4 is 10.2 Å². The molecule has 1 aliphatic heterocycles. The number of hydrogen-bond acceptors (Lipinski definition) is 6. The van der Waals surface area contributed by atoms with E-state index in [1.54, 1.807) is 30.5 Å². The number of nitrogens with one attached hydrogen (secondary N) is 1. The van der Waals surface area contributed by atoms with E-state index in [1.165, 1.54) is 4.57 Å². The zero-order valence-electron chi connectivity index (χ0n) is 14.2. The summed E-state index contributed by atoms with van der Waals surface area (Å²) in [6.45, 7) is 1.69. The number of carbonyl (C=O) groups excluding carboxylic acids is 3. The van der Waals surface area contributed by atoms with E-state index in [2.05, 4.69) is 5.32 Å². The lowest BCUT2D eigenvalue weighted by Crippen LogP contribution is -2.21. The summed E-state index contributed by atoms with van der Waals surface area (Å²) in [5, 5.41) is 4.48. The van der Waals surface area contributed by atoms with Crippen molar-refractivity contribution >= 4 is 34.7 Å². The maximum Gasteiger partial charge on any atom is 0.308 e. The molecule has 0 bridgehead atoms. The van der Waals surface area contributed by atoms with Gasteiger partial charge in [-0.25, -0.2) is 0 Å². The molecular formula is C18H18N2O5S. The molecule has 7 nitrogen and oxygen atoms in total. The third-order valence-electron chi connectivity index (χ3n) is 4.20. The van der Waals surface area contributed by atoms with E-state index in [0.29, 0.717) is 24.1 Å². The fourth-order valence-corrected chi connectivity index (χ4v) is 3.50. The van der Waals surface area contributed by atoms with Crippen molar-refractivity contribution < 1.29 is 19.1 Å². The van der Waals surface area contributed by atoms with Gasteiger partial charge in [-0.05, 0) is 37.1 Å². The van der Waals surface area contributed by atoms with Crippen molar-refractivity contribution in [2.24, 2.45) is 0 Å². The predicted octanol–water partition coefficient (Wildman–Crippen LogP) is 1.92. The highest BCUT2D eigenvalue weighted by molar-refractivity contribution is 7.07. The first-order chi connectivity index (χ1) is 12.4. The summed E-state index contributed by atoms with van der Waals surface area (Å²) in [7, 11) is 0. The normalized spacial score (nSPS) is 13.0. The number of ketones is 1. The number of benzene rings is 1. The Morgan fingerprint density at radius 3 is 2.81 bits per heavy atom. The smallest absolute Gasteiger partial charge is 0.308 e. The van der Waals surface area contributed by atoms with Gasteiger partial charge in [0.2, 0.25) is 5.91 Å². The average Bonchev–Trinajstić information content (AvgIpc) is 2.95. The van der Waals surface area contributed by atoms with Gasteiger partial charge in [-0.3, -0.25) is 19.2 Å². The number of amides is 1. The molecule has 136 valence electrons. The van der Waals surface area contributed by atoms with E-state index in [4.69, 9.17) is 4.74 Å². The summed E-state index contributed by atoms with van der Waals surface area (Å²) in [4.78, 5) is 46.9. The van der Waals surface area contributed by atoms with Crippen LogP contribution in [0.25, 0.3) is 0 Å². The number of fused-ring (bicyclic) bond motifs is 1. The lowest BCUT2D eigenvalue weighted by Gasteiger charge is -2.17. The first-order valence-corrected chi connectivity index (χ1v) is 9.08. The number of thiazole rings is 1. The van der Waals surface area contributed by atoms with Gasteiger partial charge >= 0.3 is 10.8 Å². The molecule has 0 radical (unpaired) electrons. The third-order valence-corrected chi connectivity index (χ3v) is 5.08. The van der Waals surface area contributed by atoms with Crippen LogP contribution in [-0.4, -0.2) is 28.8 Å². The van der Waals surface area contributed by atoms with Crippen LogP contribution in [-0.2, 0) is 27.3 Å². The van der Waals surface area contributed by atoms with E-state index in [0.717, 1.165) is 22.6 Å².